The van der Waals surface area contributed by atoms with Crippen molar-refractivity contribution in [1.29, 1.82) is 0 Å². The van der Waals surface area contributed by atoms with E-state index in [0.717, 1.165) is 24.6 Å². The molecule has 2 heterocycles. The number of nitrogens with one attached hydrogen (secondary N) is 3. The second-order valence-electron chi connectivity index (χ2n) is 7.24. The van der Waals surface area contributed by atoms with Gasteiger partial charge in [-0.1, -0.05) is 50.1 Å². The number of aromatic amines is 1. The van der Waals surface area contributed by atoms with Crippen molar-refractivity contribution in [1.82, 2.24) is 25.8 Å². The summed E-state index contributed by atoms with van der Waals surface area (Å²) in [5.74, 6) is 1.90. The maximum absolute atomic E-state index is 11.7. The Hall–Kier alpha value is -2.42. The lowest BCUT2D eigenvalue weighted by atomic mass is 9.84. The molecule has 0 saturated heterocycles. The van der Waals surface area contributed by atoms with Crippen LogP contribution in [-0.4, -0.2) is 31.5 Å². The number of anilines is 1. The SMILES string of the molecule is O=C(C[C@@H](CCCC1CCCCC1)c1nc(CNc2ccn[nH]2)no1)NO. The van der Waals surface area contributed by atoms with Gasteiger partial charge in [-0.3, -0.25) is 15.1 Å². The first-order valence-electron chi connectivity index (χ1n) is 9.73. The van der Waals surface area contributed by atoms with Crippen molar-refractivity contribution in [3.05, 3.63) is 24.0 Å². The van der Waals surface area contributed by atoms with Gasteiger partial charge >= 0.3 is 0 Å². The van der Waals surface area contributed by atoms with Crippen LogP contribution in [0.5, 0.6) is 0 Å². The van der Waals surface area contributed by atoms with Gasteiger partial charge in [-0.15, -0.1) is 0 Å². The summed E-state index contributed by atoms with van der Waals surface area (Å²) < 4.78 is 5.40. The topological polar surface area (TPSA) is 129 Å². The summed E-state index contributed by atoms with van der Waals surface area (Å²) in [7, 11) is 0. The minimum Gasteiger partial charge on any atom is -0.363 e. The van der Waals surface area contributed by atoms with Gasteiger partial charge in [0.25, 0.3) is 0 Å². The van der Waals surface area contributed by atoms with Gasteiger partial charge in [0.05, 0.1) is 12.7 Å². The first kappa shape index (κ1) is 19.3. The largest absolute Gasteiger partial charge is 0.363 e. The predicted octanol–water partition coefficient (Wildman–Crippen LogP) is 3.13. The highest BCUT2D eigenvalue weighted by Crippen LogP contribution is 2.31. The molecule has 0 unspecified atom stereocenters. The Morgan fingerprint density at radius 3 is 2.96 bits per heavy atom. The third-order valence-electron chi connectivity index (χ3n) is 5.22. The number of carbonyl (C=O) groups excluding carboxylic acids is 1. The Morgan fingerprint density at radius 1 is 1.37 bits per heavy atom. The van der Waals surface area contributed by atoms with Crippen molar-refractivity contribution < 1.29 is 14.5 Å². The molecule has 1 atom stereocenters. The van der Waals surface area contributed by atoms with E-state index in [1.165, 1.54) is 38.5 Å². The summed E-state index contributed by atoms with van der Waals surface area (Å²) in [6, 6.07) is 1.81. The van der Waals surface area contributed by atoms with Crippen LogP contribution >= 0.6 is 0 Å². The summed E-state index contributed by atoms with van der Waals surface area (Å²) in [6.07, 6.45) is 11.4. The second kappa shape index (κ2) is 10.1. The molecule has 0 aromatic carbocycles. The number of hydrogen-bond donors (Lipinski definition) is 4. The molecule has 2 aromatic heterocycles. The van der Waals surface area contributed by atoms with E-state index in [1.807, 2.05) is 0 Å². The Bertz CT molecular complexity index is 681. The van der Waals surface area contributed by atoms with Crippen LogP contribution in [0.25, 0.3) is 0 Å². The van der Waals surface area contributed by atoms with E-state index in [4.69, 9.17) is 9.73 Å². The maximum atomic E-state index is 11.7. The first-order valence-corrected chi connectivity index (χ1v) is 9.73. The van der Waals surface area contributed by atoms with Crippen LogP contribution in [0, 0.1) is 5.92 Å². The molecule has 27 heavy (non-hydrogen) atoms. The first-order chi connectivity index (χ1) is 13.2. The molecule has 0 radical (unpaired) electrons. The maximum Gasteiger partial charge on any atom is 0.244 e. The summed E-state index contributed by atoms with van der Waals surface area (Å²) in [5, 5.41) is 22.6. The van der Waals surface area contributed by atoms with Crippen molar-refractivity contribution in [3.8, 4) is 0 Å². The van der Waals surface area contributed by atoms with Crippen LogP contribution in [0.3, 0.4) is 0 Å². The molecule has 2 aromatic rings. The average molecular weight is 376 g/mol. The summed E-state index contributed by atoms with van der Waals surface area (Å²) in [4.78, 5) is 16.1. The van der Waals surface area contributed by atoms with Gasteiger partial charge in [0.2, 0.25) is 11.8 Å². The van der Waals surface area contributed by atoms with Gasteiger partial charge in [-0.05, 0) is 18.4 Å². The summed E-state index contributed by atoms with van der Waals surface area (Å²) in [5.41, 5.74) is 1.70. The number of H-pyrrole nitrogens is 1. The number of hydroxylamine groups is 1. The van der Waals surface area contributed by atoms with Crippen LogP contribution in [-0.2, 0) is 11.3 Å². The highest BCUT2D eigenvalue weighted by atomic mass is 16.5. The molecular formula is C18H28N6O3. The Balaban J connectivity index is 1.53. The molecule has 1 aliphatic rings. The quantitative estimate of drug-likeness (QED) is 0.370. The fraction of sp³-hybridized carbons (Fsp3) is 0.667. The van der Waals surface area contributed by atoms with E-state index in [0.29, 0.717) is 18.3 Å². The molecule has 9 nitrogen and oxygen atoms in total. The fourth-order valence-electron chi connectivity index (χ4n) is 3.74. The molecule has 1 amide bonds. The molecule has 148 valence electrons. The molecule has 3 rings (SSSR count). The van der Waals surface area contributed by atoms with Crippen LogP contribution in [0.1, 0.15) is 75.4 Å². The van der Waals surface area contributed by atoms with E-state index in [9.17, 15) is 4.79 Å². The highest BCUT2D eigenvalue weighted by Gasteiger charge is 2.23. The van der Waals surface area contributed by atoms with Gasteiger partial charge in [0.15, 0.2) is 5.82 Å². The third-order valence-corrected chi connectivity index (χ3v) is 5.22. The number of aromatic nitrogens is 4. The predicted molar refractivity (Wildman–Crippen MR) is 97.9 cm³/mol. The van der Waals surface area contributed by atoms with E-state index in [2.05, 4.69) is 25.7 Å². The molecule has 1 fully saturated rings. The van der Waals surface area contributed by atoms with Gasteiger partial charge in [-0.25, -0.2) is 5.48 Å². The monoisotopic (exact) mass is 376 g/mol. The zero-order valence-electron chi connectivity index (χ0n) is 15.5. The molecule has 1 saturated carbocycles. The van der Waals surface area contributed by atoms with E-state index < -0.39 is 5.91 Å². The Labute approximate surface area is 158 Å². The Kier molecular flexibility index (Phi) is 7.20. The lowest BCUT2D eigenvalue weighted by Crippen LogP contribution is -2.21. The van der Waals surface area contributed by atoms with Gasteiger partial charge in [0, 0.05) is 12.3 Å². The highest BCUT2D eigenvalue weighted by molar-refractivity contribution is 5.75. The standard InChI is InChI=1S/C18H28N6O3/c25-17(23-26)11-14(8-4-7-13-5-2-1-3-6-13)18-21-16(24-27-18)12-19-15-9-10-20-22-15/h9-10,13-14,26H,1-8,11-12H2,(H,23,25)(H2,19,20,22)/t14-/m1/s1. The number of rotatable bonds is 10. The van der Waals surface area contributed by atoms with Crippen molar-refractivity contribution >= 4 is 11.7 Å². The normalized spacial score (nSPS) is 16.2. The smallest absolute Gasteiger partial charge is 0.244 e. The van der Waals surface area contributed by atoms with Gasteiger partial charge in [0.1, 0.15) is 5.82 Å². The number of amides is 1. The zero-order chi connectivity index (χ0) is 18.9. The number of carbonyl (C=O) groups is 1. The second-order valence-corrected chi connectivity index (χ2v) is 7.24. The minimum atomic E-state index is -0.437. The number of hydrogen-bond acceptors (Lipinski definition) is 7. The molecule has 0 spiro atoms. The summed E-state index contributed by atoms with van der Waals surface area (Å²) in [6.45, 7) is 0.396. The van der Waals surface area contributed by atoms with E-state index in [-0.39, 0.29) is 12.3 Å². The average Bonchev–Trinajstić information content (AvgIpc) is 3.38. The minimum absolute atomic E-state index is 0.136. The van der Waals surface area contributed by atoms with E-state index in [1.54, 1.807) is 17.7 Å². The third kappa shape index (κ3) is 6.06. The zero-order valence-corrected chi connectivity index (χ0v) is 15.5. The lowest BCUT2D eigenvalue weighted by Gasteiger charge is -2.22. The molecule has 9 heteroatoms. The summed E-state index contributed by atoms with van der Waals surface area (Å²) >= 11 is 0. The fourth-order valence-corrected chi connectivity index (χ4v) is 3.74. The van der Waals surface area contributed by atoms with Gasteiger partial charge < -0.3 is 9.84 Å². The molecule has 4 N–H and O–H groups in total. The lowest BCUT2D eigenvalue weighted by molar-refractivity contribution is -0.129. The molecule has 1 aliphatic carbocycles. The number of nitrogens with zero attached hydrogens (tertiary/aromatic N) is 3. The van der Waals surface area contributed by atoms with Gasteiger partial charge in [-0.2, -0.15) is 10.1 Å². The van der Waals surface area contributed by atoms with E-state index >= 15 is 0 Å². The Morgan fingerprint density at radius 2 is 2.22 bits per heavy atom. The van der Waals surface area contributed by atoms with Crippen LogP contribution in [0.15, 0.2) is 16.8 Å². The molecule has 0 bridgehead atoms. The molecule has 0 aliphatic heterocycles. The van der Waals surface area contributed by atoms with Crippen molar-refractivity contribution in [2.45, 2.75) is 70.3 Å². The van der Waals surface area contributed by atoms with Crippen molar-refractivity contribution in [2.24, 2.45) is 5.92 Å². The van der Waals surface area contributed by atoms with Crippen molar-refractivity contribution in [3.63, 3.8) is 0 Å². The molecular weight excluding hydrogens is 348 g/mol. The van der Waals surface area contributed by atoms with Crippen LogP contribution in [0.2, 0.25) is 0 Å². The van der Waals surface area contributed by atoms with Crippen molar-refractivity contribution in [2.75, 3.05) is 5.32 Å². The van der Waals surface area contributed by atoms with Crippen LogP contribution < -0.4 is 10.8 Å². The van der Waals surface area contributed by atoms with Crippen LogP contribution in [0.4, 0.5) is 5.82 Å².